The molecule has 0 saturated heterocycles. The average molecular weight is 240 g/mol. The number of rotatable bonds is 3. The van der Waals surface area contributed by atoms with Gasteiger partial charge in [0.25, 0.3) is 0 Å². The maximum atomic E-state index is 13.8. The summed E-state index contributed by atoms with van der Waals surface area (Å²) >= 11 is 0. The van der Waals surface area contributed by atoms with E-state index in [2.05, 4.69) is 0 Å². The molecular formula is C14H18F2O. The zero-order valence-electron chi connectivity index (χ0n) is 10.3. The highest BCUT2D eigenvalue weighted by Crippen LogP contribution is 2.39. The van der Waals surface area contributed by atoms with Crippen LogP contribution in [-0.4, -0.2) is 5.11 Å². The van der Waals surface area contributed by atoms with Crippen LogP contribution >= 0.6 is 0 Å². The van der Waals surface area contributed by atoms with Crippen molar-refractivity contribution in [1.82, 2.24) is 0 Å². The molecule has 1 aromatic carbocycles. The van der Waals surface area contributed by atoms with Crippen LogP contribution in [0.2, 0.25) is 0 Å². The summed E-state index contributed by atoms with van der Waals surface area (Å²) in [5.41, 5.74) is -0.929. The molecule has 1 aliphatic rings. The SMILES string of the molecule is Cc1ccc(C(C)(O)CC2CCC2)c(F)c1F. The molecule has 94 valence electrons. The van der Waals surface area contributed by atoms with Crippen LogP contribution in [0.3, 0.4) is 0 Å². The van der Waals surface area contributed by atoms with Crippen LogP contribution < -0.4 is 0 Å². The van der Waals surface area contributed by atoms with Gasteiger partial charge in [-0.15, -0.1) is 0 Å². The number of halogens is 2. The van der Waals surface area contributed by atoms with Crippen LogP contribution in [0.1, 0.15) is 43.7 Å². The van der Waals surface area contributed by atoms with Crippen LogP contribution in [0.15, 0.2) is 12.1 Å². The molecule has 0 spiro atoms. The maximum Gasteiger partial charge on any atom is 0.165 e. The molecule has 0 aliphatic heterocycles. The Labute approximate surface area is 100 Å². The monoisotopic (exact) mass is 240 g/mol. The van der Waals surface area contributed by atoms with Crippen molar-refractivity contribution >= 4 is 0 Å². The topological polar surface area (TPSA) is 20.2 Å². The lowest BCUT2D eigenvalue weighted by atomic mass is 9.75. The lowest BCUT2D eigenvalue weighted by molar-refractivity contribution is 0.0125. The lowest BCUT2D eigenvalue weighted by Gasteiger charge is -2.34. The van der Waals surface area contributed by atoms with E-state index in [9.17, 15) is 13.9 Å². The van der Waals surface area contributed by atoms with Gasteiger partial charge in [-0.1, -0.05) is 31.4 Å². The molecule has 0 radical (unpaired) electrons. The summed E-state index contributed by atoms with van der Waals surface area (Å²) in [5.74, 6) is -1.32. The molecule has 1 aromatic rings. The first kappa shape index (κ1) is 12.5. The Bertz CT molecular complexity index is 422. The Morgan fingerprint density at radius 2 is 1.94 bits per heavy atom. The Morgan fingerprint density at radius 1 is 1.29 bits per heavy atom. The summed E-state index contributed by atoms with van der Waals surface area (Å²) in [4.78, 5) is 0. The molecule has 2 rings (SSSR count). The second kappa shape index (κ2) is 4.37. The zero-order chi connectivity index (χ0) is 12.6. The predicted octanol–water partition coefficient (Wildman–Crippen LogP) is 3.67. The number of hydrogen-bond acceptors (Lipinski definition) is 1. The molecule has 1 aliphatic carbocycles. The van der Waals surface area contributed by atoms with Crippen LogP contribution in [0.5, 0.6) is 0 Å². The van der Waals surface area contributed by atoms with Crippen molar-refractivity contribution in [1.29, 1.82) is 0 Å². The normalized spacial score (nSPS) is 19.8. The van der Waals surface area contributed by atoms with E-state index < -0.39 is 17.2 Å². The molecule has 17 heavy (non-hydrogen) atoms. The van der Waals surface area contributed by atoms with Gasteiger partial charge in [0.2, 0.25) is 0 Å². The standard InChI is InChI=1S/C14H18F2O/c1-9-6-7-11(13(16)12(9)15)14(2,17)8-10-4-3-5-10/h6-7,10,17H,3-5,8H2,1-2H3. The third kappa shape index (κ3) is 2.34. The molecule has 1 unspecified atom stereocenters. The van der Waals surface area contributed by atoms with Crippen molar-refractivity contribution in [2.45, 2.75) is 45.1 Å². The van der Waals surface area contributed by atoms with Gasteiger partial charge in [-0.3, -0.25) is 0 Å². The first-order valence-electron chi connectivity index (χ1n) is 6.09. The smallest absolute Gasteiger partial charge is 0.165 e. The molecule has 1 N–H and O–H groups in total. The van der Waals surface area contributed by atoms with E-state index in [1.165, 1.54) is 25.5 Å². The van der Waals surface area contributed by atoms with Crippen LogP contribution in [-0.2, 0) is 5.60 Å². The van der Waals surface area contributed by atoms with E-state index in [1.54, 1.807) is 6.92 Å². The van der Waals surface area contributed by atoms with E-state index in [0.717, 1.165) is 12.8 Å². The largest absolute Gasteiger partial charge is 0.385 e. The fraction of sp³-hybridized carbons (Fsp3) is 0.571. The van der Waals surface area contributed by atoms with E-state index in [1.807, 2.05) is 0 Å². The van der Waals surface area contributed by atoms with Gasteiger partial charge in [0.15, 0.2) is 11.6 Å². The Balaban J connectivity index is 2.28. The van der Waals surface area contributed by atoms with Crippen LogP contribution in [0.4, 0.5) is 8.78 Å². The molecule has 1 atom stereocenters. The molecule has 0 heterocycles. The summed E-state index contributed by atoms with van der Waals surface area (Å²) < 4.78 is 27.3. The fourth-order valence-electron chi connectivity index (χ4n) is 2.43. The Morgan fingerprint density at radius 3 is 2.47 bits per heavy atom. The third-order valence-corrected chi connectivity index (χ3v) is 3.77. The third-order valence-electron chi connectivity index (χ3n) is 3.77. The lowest BCUT2D eigenvalue weighted by Crippen LogP contribution is -2.29. The van der Waals surface area contributed by atoms with Crippen LogP contribution in [0.25, 0.3) is 0 Å². The Hall–Kier alpha value is -0.960. The van der Waals surface area contributed by atoms with Crippen molar-refractivity contribution in [3.05, 3.63) is 34.9 Å². The highest BCUT2D eigenvalue weighted by atomic mass is 19.2. The van der Waals surface area contributed by atoms with Gasteiger partial charge in [-0.05, 0) is 31.7 Å². The molecule has 3 heteroatoms. The molecular weight excluding hydrogens is 222 g/mol. The van der Waals surface area contributed by atoms with Gasteiger partial charge in [0, 0.05) is 5.56 Å². The minimum absolute atomic E-state index is 0.0764. The fourth-order valence-corrected chi connectivity index (χ4v) is 2.43. The average Bonchev–Trinajstić information content (AvgIpc) is 2.20. The second-order valence-corrected chi connectivity index (χ2v) is 5.33. The summed E-state index contributed by atoms with van der Waals surface area (Å²) in [6.07, 6.45) is 3.83. The quantitative estimate of drug-likeness (QED) is 0.854. The van der Waals surface area contributed by atoms with Gasteiger partial charge >= 0.3 is 0 Å². The van der Waals surface area contributed by atoms with Crippen molar-refractivity contribution < 1.29 is 13.9 Å². The molecule has 0 bridgehead atoms. The van der Waals surface area contributed by atoms with Gasteiger partial charge < -0.3 is 5.11 Å². The van der Waals surface area contributed by atoms with E-state index >= 15 is 0 Å². The summed E-state index contributed by atoms with van der Waals surface area (Å²) in [7, 11) is 0. The van der Waals surface area contributed by atoms with Crippen molar-refractivity contribution in [2.24, 2.45) is 5.92 Å². The number of benzene rings is 1. The summed E-state index contributed by atoms with van der Waals surface area (Å²) in [6, 6.07) is 3.01. The van der Waals surface area contributed by atoms with Gasteiger partial charge in [-0.2, -0.15) is 0 Å². The summed E-state index contributed by atoms with van der Waals surface area (Å²) in [6.45, 7) is 3.08. The minimum atomic E-state index is -1.27. The second-order valence-electron chi connectivity index (χ2n) is 5.33. The molecule has 1 fully saturated rings. The van der Waals surface area contributed by atoms with Gasteiger partial charge in [-0.25, -0.2) is 8.78 Å². The van der Waals surface area contributed by atoms with Crippen molar-refractivity contribution in [3.63, 3.8) is 0 Å². The molecule has 1 saturated carbocycles. The predicted molar refractivity (Wildman–Crippen MR) is 62.6 cm³/mol. The Kier molecular flexibility index (Phi) is 3.21. The number of aryl methyl sites for hydroxylation is 1. The molecule has 0 aromatic heterocycles. The first-order chi connectivity index (χ1) is 7.92. The van der Waals surface area contributed by atoms with E-state index in [0.29, 0.717) is 12.3 Å². The maximum absolute atomic E-state index is 13.8. The van der Waals surface area contributed by atoms with Crippen LogP contribution in [0, 0.1) is 24.5 Å². The number of aliphatic hydroxyl groups is 1. The van der Waals surface area contributed by atoms with E-state index in [-0.39, 0.29) is 11.1 Å². The molecule has 0 amide bonds. The molecule has 1 nitrogen and oxygen atoms in total. The zero-order valence-corrected chi connectivity index (χ0v) is 10.3. The highest BCUT2D eigenvalue weighted by Gasteiger charge is 2.33. The minimum Gasteiger partial charge on any atom is -0.385 e. The van der Waals surface area contributed by atoms with Gasteiger partial charge in [0.05, 0.1) is 5.60 Å². The van der Waals surface area contributed by atoms with Crippen molar-refractivity contribution in [2.75, 3.05) is 0 Å². The van der Waals surface area contributed by atoms with Gasteiger partial charge in [0.1, 0.15) is 0 Å². The highest BCUT2D eigenvalue weighted by molar-refractivity contribution is 5.29. The number of hydrogen-bond donors (Lipinski definition) is 1. The van der Waals surface area contributed by atoms with E-state index in [4.69, 9.17) is 0 Å². The first-order valence-corrected chi connectivity index (χ1v) is 6.09. The van der Waals surface area contributed by atoms with Crippen molar-refractivity contribution in [3.8, 4) is 0 Å². The summed E-state index contributed by atoms with van der Waals surface area (Å²) in [5, 5.41) is 10.3.